The van der Waals surface area contributed by atoms with Crippen molar-refractivity contribution in [1.29, 1.82) is 0 Å². The van der Waals surface area contributed by atoms with Crippen LogP contribution < -0.4 is 15.8 Å². The Kier molecular flexibility index (Phi) is 3.97. The first-order chi connectivity index (χ1) is 9.20. The summed E-state index contributed by atoms with van der Waals surface area (Å²) in [6.45, 7) is 0.405. The molecular formula is C14H15N3O2. The van der Waals surface area contributed by atoms with Crippen LogP contribution in [0.5, 0.6) is 5.75 Å². The number of hydrogen-bond donors (Lipinski definition) is 2. The van der Waals surface area contributed by atoms with E-state index >= 15 is 0 Å². The quantitative estimate of drug-likeness (QED) is 0.816. The summed E-state index contributed by atoms with van der Waals surface area (Å²) in [5.41, 5.74) is 7.80. The number of anilines is 1. The van der Waals surface area contributed by atoms with Gasteiger partial charge in [0, 0.05) is 18.9 Å². The molecule has 0 aliphatic heterocycles. The Morgan fingerprint density at radius 2 is 2.26 bits per heavy atom. The maximum atomic E-state index is 11.8. The molecule has 0 saturated heterocycles. The SMILES string of the molecule is COc1ccc(CNC(=O)c2cccnc2)cc1N. The smallest absolute Gasteiger partial charge is 0.253 e. The van der Waals surface area contributed by atoms with Crippen LogP contribution in [0.4, 0.5) is 5.69 Å². The fourth-order valence-electron chi connectivity index (χ4n) is 1.68. The van der Waals surface area contributed by atoms with Crippen molar-refractivity contribution < 1.29 is 9.53 Å². The van der Waals surface area contributed by atoms with Crippen molar-refractivity contribution in [2.45, 2.75) is 6.54 Å². The monoisotopic (exact) mass is 257 g/mol. The lowest BCUT2D eigenvalue weighted by Gasteiger charge is -2.08. The van der Waals surface area contributed by atoms with Crippen molar-refractivity contribution in [3.8, 4) is 5.75 Å². The van der Waals surface area contributed by atoms with Gasteiger partial charge in [-0.2, -0.15) is 0 Å². The van der Waals surface area contributed by atoms with Crippen molar-refractivity contribution in [2.24, 2.45) is 0 Å². The van der Waals surface area contributed by atoms with Crippen molar-refractivity contribution in [2.75, 3.05) is 12.8 Å². The number of carbonyl (C=O) groups is 1. The Hall–Kier alpha value is -2.56. The molecule has 2 rings (SSSR count). The largest absolute Gasteiger partial charge is 0.495 e. The predicted octanol–water partition coefficient (Wildman–Crippen LogP) is 1.60. The predicted molar refractivity (Wildman–Crippen MR) is 72.8 cm³/mol. The molecule has 0 saturated carbocycles. The van der Waals surface area contributed by atoms with Crippen LogP contribution in [0.1, 0.15) is 15.9 Å². The maximum absolute atomic E-state index is 11.8. The number of methoxy groups -OCH3 is 1. The number of rotatable bonds is 4. The number of ether oxygens (including phenoxy) is 1. The number of hydrogen-bond acceptors (Lipinski definition) is 4. The van der Waals surface area contributed by atoms with E-state index in [1.165, 1.54) is 6.20 Å². The van der Waals surface area contributed by atoms with Gasteiger partial charge < -0.3 is 15.8 Å². The molecule has 5 heteroatoms. The number of carbonyl (C=O) groups excluding carboxylic acids is 1. The van der Waals surface area contributed by atoms with E-state index in [2.05, 4.69) is 10.3 Å². The van der Waals surface area contributed by atoms with Crippen molar-refractivity contribution in [3.05, 3.63) is 53.9 Å². The third-order valence-electron chi connectivity index (χ3n) is 2.67. The average Bonchev–Trinajstić information content (AvgIpc) is 2.46. The van der Waals surface area contributed by atoms with Gasteiger partial charge >= 0.3 is 0 Å². The molecule has 1 amide bonds. The molecule has 1 heterocycles. The van der Waals surface area contributed by atoms with Crippen LogP contribution in [0.2, 0.25) is 0 Å². The fourth-order valence-corrected chi connectivity index (χ4v) is 1.68. The van der Waals surface area contributed by atoms with Crippen LogP contribution in [-0.2, 0) is 6.54 Å². The van der Waals surface area contributed by atoms with Crippen molar-refractivity contribution in [3.63, 3.8) is 0 Å². The summed E-state index contributed by atoms with van der Waals surface area (Å²) in [6.07, 6.45) is 3.15. The minimum absolute atomic E-state index is 0.164. The van der Waals surface area contributed by atoms with E-state index in [4.69, 9.17) is 10.5 Å². The second-order valence-electron chi connectivity index (χ2n) is 4.00. The molecule has 0 aliphatic carbocycles. The zero-order valence-electron chi connectivity index (χ0n) is 10.6. The Balaban J connectivity index is 1.99. The average molecular weight is 257 g/mol. The molecule has 98 valence electrons. The Morgan fingerprint density at radius 1 is 1.42 bits per heavy atom. The van der Waals surface area contributed by atoms with E-state index < -0.39 is 0 Å². The Labute approximate surface area is 111 Å². The number of nitrogens with two attached hydrogens (primary N) is 1. The summed E-state index contributed by atoms with van der Waals surface area (Å²) < 4.78 is 5.07. The van der Waals surface area contributed by atoms with Crippen molar-refractivity contribution in [1.82, 2.24) is 10.3 Å². The van der Waals surface area contributed by atoms with Gasteiger partial charge in [-0.1, -0.05) is 6.07 Å². The highest BCUT2D eigenvalue weighted by atomic mass is 16.5. The number of nitrogens with one attached hydrogen (secondary N) is 1. The lowest BCUT2D eigenvalue weighted by molar-refractivity contribution is 0.0950. The van der Waals surface area contributed by atoms with Crippen LogP contribution >= 0.6 is 0 Å². The van der Waals surface area contributed by atoms with Gasteiger partial charge in [-0.25, -0.2) is 0 Å². The summed E-state index contributed by atoms with van der Waals surface area (Å²) in [4.78, 5) is 15.7. The minimum Gasteiger partial charge on any atom is -0.495 e. The van der Waals surface area contributed by atoms with Crippen LogP contribution in [0.25, 0.3) is 0 Å². The first-order valence-electron chi connectivity index (χ1n) is 5.81. The second-order valence-corrected chi connectivity index (χ2v) is 4.00. The van der Waals surface area contributed by atoms with Gasteiger partial charge in [-0.15, -0.1) is 0 Å². The lowest BCUT2D eigenvalue weighted by Crippen LogP contribution is -2.22. The molecule has 0 fully saturated rings. The van der Waals surface area contributed by atoms with Crippen LogP contribution in [0, 0.1) is 0 Å². The van der Waals surface area contributed by atoms with Crippen molar-refractivity contribution >= 4 is 11.6 Å². The van der Waals surface area contributed by atoms with E-state index in [0.29, 0.717) is 23.5 Å². The Morgan fingerprint density at radius 3 is 2.89 bits per heavy atom. The van der Waals surface area contributed by atoms with Gasteiger partial charge in [0.2, 0.25) is 0 Å². The zero-order chi connectivity index (χ0) is 13.7. The van der Waals surface area contributed by atoms with Gasteiger partial charge in [0.15, 0.2) is 0 Å². The highest BCUT2D eigenvalue weighted by molar-refractivity contribution is 5.93. The number of nitrogen functional groups attached to an aromatic ring is 1. The van der Waals surface area contributed by atoms with Gasteiger partial charge in [-0.3, -0.25) is 9.78 Å². The van der Waals surface area contributed by atoms with E-state index in [1.807, 2.05) is 6.07 Å². The third-order valence-corrected chi connectivity index (χ3v) is 2.67. The van der Waals surface area contributed by atoms with Gasteiger partial charge in [0.1, 0.15) is 5.75 Å². The topological polar surface area (TPSA) is 77.2 Å². The molecule has 0 bridgehead atoms. The summed E-state index contributed by atoms with van der Waals surface area (Å²) in [6, 6.07) is 8.85. The summed E-state index contributed by atoms with van der Waals surface area (Å²) in [7, 11) is 1.57. The number of amides is 1. The molecule has 5 nitrogen and oxygen atoms in total. The molecular weight excluding hydrogens is 242 g/mol. The number of benzene rings is 1. The standard InChI is InChI=1S/C14H15N3O2/c1-19-13-5-4-10(7-12(13)15)8-17-14(18)11-3-2-6-16-9-11/h2-7,9H,8,15H2,1H3,(H,17,18). The molecule has 0 radical (unpaired) electrons. The Bertz CT molecular complexity index is 570. The van der Waals surface area contributed by atoms with E-state index in [1.54, 1.807) is 37.6 Å². The second kappa shape index (κ2) is 5.86. The van der Waals surface area contributed by atoms with Crippen LogP contribution in [0.3, 0.4) is 0 Å². The fraction of sp³-hybridized carbons (Fsp3) is 0.143. The first kappa shape index (κ1) is 12.9. The normalized spacial score (nSPS) is 9.95. The van der Waals surface area contributed by atoms with Gasteiger partial charge in [0.05, 0.1) is 18.4 Å². The summed E-state index contributed by atoms with van der Waals surface area (Å²) in [5, 5.41) is 2.80. The molecule has 2 aromatic rings. The first-order valence-corrected chi connectivity index (χ1v) is 5.81. The van der Waals surface area contributed by atoms with Crippen LogP contribution in [-0.4, -0.2) is 18.0 Å². The molecule has 0 unspecified atom stereocenters. The highest BCUT2D eigenvalue weighted by Gasteiger charge is 2.05. The van der Waals surface area contributed by atoms with E-state index in [-0.39, 0.29) is 5.91 Å². The number of nitrogens with zero attached hydrogens (tertiary/aromatic N) is 1. The molecule has 1 aromatic heterocycles. The number of pyridine rings is 1. The molecule has 1 aromatic carbocycles. The number of aromatic nitrogens is 1. The van der Waals surface area contributed by atoms with E-state index in [0.717, 1.165) is 5.56 Å². The lowest BCUT2D eigenvalue weighted by atomic mass is 10.2. The minimum atomic E-state index is -0.164. The van der Waals surface area contributed by atoms with Gasteiger partial charge in [0.25, 0.3) is 5.91 Å². The van der Waals surface area contributed by atoms with E-state index in [9.17, 15) is 4.79 Å². The maximum Gasteiger partial charge on any atom is 0.253 e. The molecule has 0 atom stereocenters. The van der Waals surface area contributed by atoms with Crippen LogP contribution in [0.15, 0.2) is 42.7 Å². The molecule has 0 spiro atoms. The van der Waals surface area contributed by atoms with Gasteiger partial charge in [-0.05, 0) is 29.8 Å². The third kappa shape index (κ3) is 3.22. The molecule has 0 aliphatic rings. The summed E-state index contributed by atoms with van der Waals surface area (Å²) in [5.74, 6) is 0.463. The highest BCUT2D eigenvalue weighted by Crippen LogP contribution is 2.21. The zero-order valence-corrected chi connectivity index (χ0v) is 10.6. The molecule has 3 N–H and O–H groups in total. The molecule has 19 heavy (non-hydrogen) atoms. The summed E-state index contributed by atoms with van der Waals surface area (Å²) >= 11 is 0.